The molecule has 0 aliphatic carbocycles. The molecule has 0 saturated heterocycles. The van der Waals surface area contributed by atoms with Crippen LogP contribution in [0.4, 0.5) is 30.2 Å². The highest BCUT2D eigenvalue weighted by Crippen LogP contribution is 2.46. The summed E-state index contributed by atoms with van der Waals surface area (Å²) in [5, 5.41) is 2.21. The van der Waals surface area contributed by atoms with Gasteiger partial charge in [0.15, 0.2) is 11.5 Å². The Kier molecular flexibility index (Phi) is 5.26. The Morgan fingerprint density at radius 2 is 1.21 bits per heavy atom. The fourth-order valence-electron chi connectivity index (χ4n) is 6.56. The second-order valence-corrected chi connectivity index (χ2v) is 11.4. The molecule has 6 heteroatoms. The fraction of sp³-hybridized carbons (Fsp3) is 0. The SMILES string of the molecule is [2H]c1c([2H])c([2H])c(N(c2ccc(-c3ccc4c(c3)-n3c5ccccc5c5cccc(c53)O4)cc2)c2ccc(-c3c(F)cc(F)cc3F)cc2)c([2H])c1[2H]. The van der Waals surface area contributed by atoms with Gasteiger partial charge in [-0.1, -0.05) is 78.8 Å². The van der Waals surface area contributed by atoms with Crippen molar-refractivity contribution in [2.45, 2.75) is 0 Å². The zero-order chi connectivity index (χ0) is 36.7. The minimum atomic E-state index is -1.07. The third-order valence-corrected chi connectivity index (χ3v) is 8.67. The largest absolute Gasteiger partial charge is 0.453 e. The van der Waals surface area contributed by atoms with Gasteiger partial charge in [-0.15, -0.1) is 0 Å². The van der Waals surface area contributed by atoms with Crippen LogP contribution in [0.15, 0.2) is 152 Å². The number of rotatable bonds is 5. The van der Waals surface area contributed by atoms with E-state index in [4.69, 9.17) is 11.6 Å². The summed E-state index contributed by atoms with van der Waals surface area (Å²) in [6.45, 7) is 0. The Balaban J connectivity index is 1.15. The molecule has 0 bridgehead atoms. The number of fused-ring (bicyclic) bond motifs is 5. The molecule has 9 rings (SSSR count). The number of nitrogens with zero attached hydrogens (tertiary/aromatic N) is 2. The molecule has 2 heterocycles. The molecule has 1 aliphatic rings. The number of hydrogen-bond donors (Lipinski definition) is 0. The first-order valence-electron chi connectivity index (χ1n) is 17.7. The molecule has 0 atom stereocenters. The van der Waals surface area contributed by atoms with E-state index in [0.29, 0.717) is 29.3 Å². The van der Waals surface area contributed by atoms with Gasteiger partial charge in [0.2, 0.25) is 0 Å². The van der Waals surface area contributed by atoms with Crippen LogP contribution < -0.4 is 9.64 Å². The third kappa shape index (κ3) is 4.45. The van der Waals surface area contributed by atoms with Gasteiger partial charge in [0.05, 0.1) is 29.1 Å². The van der Waals surface area contributed by atoms with Crippen LogP contribution in [0.3, 0.4) is 0 Å². The van der Waals surface area contributed by atoms with Crippen LogP contribution in [0.1, 0.15) is 6.85 Å². The lowest BCUT2D eigenvalue weighted by Gasteiger charge is -2.26. The summed E-state index contributed by atoms with van der Waals surface area (Å²) >= 11 is 0. The summed E-state index contributed by atoms with van der Waals surface area (Å²) in [4.78, 5) is 1.51. The van der Waals surface area contributed by atoms with Crippen LogP contribution >= 0.6 is 0 Å². The van der Waals surface area contributed by atoms with Gasteiger partial charge in [-0.25, -0.2) is 13.2 Å². The number of anilines is 3. The molecule has 3 nitrogen and oxygen atoms in total. The minimum Gasteiger partial charge on any atom is -0.453 e. The number of halogens is 3. The number of ether oxygens (including phenoxy) is 1. The predicted octanol–water partition coefficient (Wildman–Crippen LogP) is 12.1. The van der Waals surface area contributed by atoms with E-state index in [9.17, 15) is 13.2 Å². The third-order valence-electron chi connectivity index (χ3n) is 8.67. The molecule has 7 aromatic carbocycles. The second-order valence-electron chi connectivity index (χ2n) is 11.4. The van der Waals surface area contributed by atoms with Crippen LogP contribution in [-0.4, -0.2) is 4.57 Å². The molecule has 0 unspecified atom stereocenters. The summed E-state index contributed by atoms with van der Waals surface area (Å²) in [5.74, 6) is -1.69. The summed E-state index contributed by atoms with van der Waals surface area (Å²) in [6, 6.07) is 32.2. The summed E-state index contributed by atoms with van der Waals surface area (Å²) < 4.78 is 93.9. The van der Waals surface area contributed by atoms with E-state index < -0.39 is 53.2 Å². The normalized spacial score (nSPS) is 13.3. The van der Waals surface area contributed by atoms with Crippen molar-refractivity contribution in [2.75, 3.05) is 4.90 Å². The van der Waals surface area contributed by atoms with Crippen molar-refractivity contribution in [1.82, 2.24) is 4.57 Å². The molecule has 8 aromatic rings. The van der Waals surface area contributed by atoms with Crippen LogP contribution in [0.25, 0.3) is 49.7 Å². The molecule has 0 spiro atoms. The number of para-hydroxylation sites is 3. The average Bonchev–Trinajstić information content (AvgIpc) is 3.51. The molecular formula is C42H25F3N2O. The smallest absolute Gasteiger partial charge is 0.152 e. The molecule has 0 fully saturated rings. The van der Waals surface area contributed by atoms with Gasteiger partial charge in [-0.3, -0.25) is 0 Å². The van der Waals surface area contributed by atoms with Gasteiger partial charge in [0.25, 0.3) is 0 Å². The Morgan fingerprint density at radius 3 is 1.94 bits per heavy atom. The fourth-order valence-corrected chi connectivity index (χ4v) is 6.56. The number of hydrogen-bond acceptors (Lipinski definition) is 2. The van der Waals surface area contributed by atoms with Crippen molar-refractivity contribution in [3.63, 3.8) is 0 Å². The maximum Gasteiger partial charge on any atom is 0.152 e. The van der Waals surface area contributed by atoms with Gasteiger partial charge in [0, 0.05) is 40.0 Å². The van der Waals surface area contributed by atoms with Gasteiger partial charge in [-0.05, 0) is 77.3 Å². The quantitative estimate of drug-likeness (QED) is 0.187. The van der Waals surface area contributed by atoms with Crippen molar-refractivity contribution in [1.29, 1.82) is 0 Å². The van der Waals surface area contributed by atoms with Gasteiger partial charge in [-0.2, -0.15) is 0 Å². The molecule has 0 saturated carbocycles. The molecule has 48 heavy (non-hydrogen) atoms. The molecule has 1 aromatic heterocycles. The van der Waals surface area contributed by atoms with E-state index in [1.807, 2.05) is 48.5 Å². The van der Waals surface area contributed by atoms with E-state index in [1.165, 1.54) is 29.2 Å². The molecule has 0 amide bonds. The molecule has 0 N–H and O–H groups in total. The van der Waals surface area contributed by atoms with Gasteiger partial charge >= 0.3 is 0 Å². The maximum absolute atomic E-state index is 14.7. The lowest BCUT2D eigenvalue weighted by molar-refractivity contribution is 0.476. The number of benzene rings is 7. The zero-order valence-electron chi connectivity index (χ0n) is 30.0. The van der Waals surface area contributed by atoms with E-state index in [-0.39, 0.29) is 11.3 Å². The molecule has 1 aliphatic heterocycles. The van der Waals surface area contributed by atoms with Crippen molar-refractivity contribution in [3.8, 4) is 39.4 Å². The van der Waals surface area contributed by atoms with E-state index in [1.54, 1.807) is 12.1 Å². The average molecular weight is 636 g/mol. The van der Waals surface area contributed by atoms with E-state index in [2.05, 4.69) is 28.8 Å². The van der Waals surface area contributed by atoms with E-state index >= 15 is 0 Å². The first kappa shape index (κ1) is 23.1. The monoisotopic (exact) mass is 635 g/mol. The van der Waals surface area contributed by atoms with Crippen LogP contribution in [0.5, 0.6) is 11.5 Å². The number of aromatic nitrogens is 1. The van der Waals surface area contributed by atoms with Crippen LogP contribution in [0.2, 0.25) is 0 Å². The summed E-state index contributed by atoms with van der Waals surface area (Å²) in [5.41, 5.74) is 5.10. The molecular weight excluding hydrogens is 605 g/mol. The standard InChI is InChI=1S/C42H25F3N2O/c43-29-24-35(44)41(36(45)25-29)27-15-20-32(21-16-27)46(30-7-2-1-3-8-30)31-18-13-26(14-19-31)28-17-22-39-38(23-28)47-37-11-5-4-9-33(37)34-10-6-12-40(48-39)42(34)47/h1-25H/i1D,2D,3D,7D,8D. The highest BCUT2D eigenvalue weighted by atomic mass is 19.1. The Labute approximate surface area is 281 Å². The van der Waals surface area contributed by atoms with Crippen molar-refractivity contribution < 1.29 is 24.8 Å². The van der Waals surface area contributed by atoms with Crippen molar-refractivity contribution in [2.24, 2.45) is 0 Å². The first-order valence-corrected chi connectivity index (χ1v) is 15.2. The van der Waals surface area contributed by atoms with Crippen LogP contribution in [-0.2, 0) is 0 Å². The highest BCUT2D eigenvalue weighted by Gasteiger charge is 2.24. The topological polar surface area (TPSA) is 17.4 Å². The van der Waals surface area contributed by atoms with E-state index in [0.717, 1.165) is 44.4 Å². The van der Waals surface area contributed by atoms with Crippen LogP contribution in [0, 0.1) is 17.5 Å². The lowest BCUT2D eigenvalue weighted by Crippen LogP contribution is -2.09. The molecule has 0 radical (unpaired) electrons. The highest BCUT2D eigenvalue weighted by molar-refractivity contribution is 6.12. The van der Waals surface area contributed by atoms with Gasteiger partial charge in [0.1, 0.15) is 17.5 Å². The van der Waals surface area contributed by atoms with Crippen molar-refractivity contribution in [3.05, 3.63) is 169 Å². The molecule has 230 valence electrons. The van der Waals surface area contributed by atoms with Crippen molar-refractivity contribution >= 4 is 38.9 Å². The predicted molar refractivity (Wildman–Crippen MR) is 186 cm³/mol. The summed E-state index contributed by atoms with van der Waals surface area (Å²) in [7, 11) is 0. The minimum absolute atomic E-state index is 0.108. The second kappa shape index (κ2) is 10.9. The Bertz CT molecular complexity index is 2750. The van der Waals surface area contributed by atoms with Gasteiger partial charge < -0.3 is 14.2 Å². The Morgan fingerprint density at radius 1 is 0.562 bits per heavy atom. The summed E-state index contributed by atoms with van der Waals surface area (Å²) in [6.07, 6.45) is 0. The zero-order valence-corrected chi connectivity index (χ0v) is 25.0. The lowest BCUT2D eigenvalue weighted by atomic mass is 10.0. The maximum atomic E-state index is 14.7. The first-order chi connectivity index (χ1) is 25.6. The Hall–Kier alpha value is -6.27.